The zero-order chi connectivity index (χ0) is 19.5. The minimum absolute atomic E-state index is 0.196. The summed E-state index contributed by atoms with van der Waals surface area (Å²) >= 11 is 6.24. The van der Waals surface area contributed by atoms with Crippen molar-refractivity contribution in [2.75, 3.05) is 6.61 Å². The molecule has 0 bridgehead atoms. The van der Waals surface area contributed by atoms with Gasteiger partial charge in [0.15, 0.2) is 0 Å². The second kappa shape index (κ2) is 7.93. The minimum atomic E-state index is -0.622. The van der Waals surface area contributed by atoms with Gasteiger partial charge in [-0.1, -0.05) is 48.0 Å². The Balaban J connectivity index is 1.71. The summed E-state index contributed by atoms with van der Waals surface area (Å²) in [6.07, 6.45) is 1.56. The van der Waals surface area contributed by atoms with Gasteiger partial charge in [0.1, 0.15) is 11.6 Å². The van der Waals surface area contributed by atoms with E-state index in [1.54, 1.807) is 30.5 Å². The second-order valence-electron chi connectivity index (χ2n) is 6.29. The first kappa shape index (κ1) is 18.4. The van der Waals surface area contributed by atoms with E-state index in [9.17, 15) is 4.79 Å². The van der Waals surface area contributed by atoms with Crippen molar-refractivity contribution in [2.45, 2.75) is 12.6 Å². The van der Waals surface area contributed by atoms with Gasteiger partial charge in [0.2, 0.25) is 0 Å². The van der Waals surface area contributed by atoms with Gasteiger partial charge in [0, 0.05) is 6.07 Å². The summed E-state index contributed by atoms with van der Waals surface area (Å²) in [6, 6.07) is 16.0. The Morgan fingerprint density at radius 3 is 2.71 bits per heavy atom. The average Bonchev–Trinajstić information content (AvgIpc) is 3.22. The van der Waals surface area contributed by atoms with Crippen LogP contribution in [0.25, 0.3) is 16.7 Å². The molecule has 0 spiro atoms. The molecule has 8 heteroatoms. The molecule has 142 valence electrons. The van der Waals surface area contributed by atoms with Crippen molar-refractivity contribution < 1.29 is 4.74 Å². The predicted molar refractivity (Wildman–Crippen MR) is 108 cm³/mol. The van der Waals surface area contributed by atoms with E-state index >= 15 is 0 Å². The molecule has 1 unspecified atom stereocenters. The van der Waals surface area contributed by atoms with E-state index in [2.05, 4.69) is 15.2 Å². The van der Waals surface area contributed by atoms with E-state index in [1.807, 2.05) is 30.3 Å². The highest BCUT2D eigenvalue weighted by Gasteiger charge is 2.20. The smallest absolute Gasteiger partial charge is 0.268 e. The van der Waals surface area contributed by atoms with E-state index in [-0.39, 0.29) is 12.2 Å². The first-order valence-corrected chi connectivity index (χ1v) is 9.11. The molecule has 2 heterocycles. The van der Waals surface area contributed by atoms with Gasteiger partial charge in [-0.15, -0.1) is 0 Å². The lowest BCUT2D eigenvalue weighted by Crippen LogP contribution is -2.31. The van der Waals surface area contributed by atoms with Crippen LogP contribution in [0.5, 0.6) is 0 Å². The lowest BCUT2D eigenvalue weighted by Gasteiger charge is -2.18. The van der Waals surface area contributed by atoms with Crippen LogP contribution in [0, 0.1) is 0 Å². The van der Waals surface area contributed by atoms with Crippen LogP contribution < -0.4 is 11.3 Å². The van der Waals surface area contributed by atoms with Crippen molar-refractivity contribution >= 4 is 22.5 Å². The Kier molecular flexibility index (Phi) is 5.21. The molecular weight excluding hydrogens is 378 g/mol. The summed E-state index contributed by atoms with van der Waals surface area (Å²) in [5.41, 5.74) is 7.57. The molecule has 1 atom stereocenters. The fraction of sp³-hybridized carbons (Fsp3) is 0.150. The molecule has 0 amide bonds. The maximum absolute atomic E-state index is 13.2. The van der Waals surface area contributed by atoms with Crippen molar-refractivity contribution in [2.24, 2.45) is 5.73 Å². The molecule has 3 N–H and O–H groups in total. The Hall–Kier alpha value is -3.00. The molecule has 28 heavy (non-hydrogen) atoms. The quantitative estimate of drug-likeness (QED) is 0.523. The molecule has 0 saturated carbocycles. The topological polar surface area (TPSA) is 98.8 Å². The number of aromatic amines is 1. The normalized spacial score (nSPS) is 12.4. The predicted octanol–water partition coefficient (Wildman–Crippen LogP) is 2.98. The summed E-state index contributed by atoms with van der Waals surface area (Å²) in [4.78, 5) is 17.8. The van der Waals surface area contributed by atoms with Crippen molar-refractivity contribution in [3.8, 4) is 5.82 Å². The molecule has 2 aromatic carbocycles. The largest absolute Gasteiger partial charge is 0.375 e. The number of halogens is 1. The fourth-order valence-electron chi connectivity index (χ4n) is 3.01. The molecule has 0 saturated heterocycles. The third-order valence-corrected chi connectivity index (χ3v) is 4.66. The van der Waals surface area contributed by atoms with E-state index < -0.39 is 6.04 Å². The first-order valence-electron chi connectivity index (χ1n) is 8.73. The van der Waals surface area contributed by atoms with Crippen LogP contribution in [0.4, 0.5) is 0 Å². The van der Waals surface area contributed by atoms with Gasteiger partial charge in [0.05, 0.1) is 41.4 Å². The number of ether oxygens (including phenoxy) is 1. The molecule has 0 aliphatic carbocycles. The van der Waals surface area contributed by atoms with E-state index in [0.29, 0.717) is 34.2 Å². The number of nitrogens with two attached hydrogens (primary N) is 1. The third kappa shape index (κ3) is 3.55. The lowest BCUT2D eigenvalue weighted by atomic mass is 10.2. The first-order chi connectivity index (χ1) is 13.6. The maximum atomic E-state index is 13.2. The van der Waals surface area contributed by atoms with Gasteiger partial charge in [-0.25, -0.2) is 9.55 Å². The molecule has 2 aromatic heterocycles. The van der Waals surface area contributed by atoms with E-state index in [4.69, 9.17) is 22.1 Å². The van der Waals surface area contributed by atoms with E-state index in [1.165, 1.54) is 4.57 Å². The Morgan fingerprint density at radius 1 is 1.14 bits per heavy atom. The molecule has 7 nitrogen and oxygen atoms in total. The molecule has 0 aliphatic rings. The van der Waals surface area contributed by atoms with Gasteiger partial charge in [-0.05, 0) is 17.7 Å². The number of rotatable bonds is 6. The average molecular weight is 396 g/mol. The highest BCUT2D eigenvalue weighted by Crippen LogP contribution is 2.22. The van der Waals surface area contributed by atoms with Crippen LogP contribution in [-0.2, 0) is 11.3 Å². The highest BCUT2D eigenvalue weighted by molar-refractivity contribution is 6.35. The van der Waals surface area contributed by atoms with Gasteiger partial charge in [0.25, 0.3) is 5.56 Å². The maximum Gasteiger partial charge on any atom is 0.268 e. The molecular formula is C20H18ClN5O2. The van der Waals surface area contributed by atoms with Crippen molar-refractivity contribution in [3.63, 3.8) is 0 Å². The van der Waals surface area contributed by atoms with Gasteiger partial charge in [-0.2, -0.15) is 5.10 Å². The van der Waals surface area contributed by atoms with Crippen molar-refractivity contribution in [1.29, 1.82) is 0 Å². The minimum Gasteiger partial charge on any atom is -0.375 e. The highest BCUT2D eigenvalue weighted by atomic mass is 35.5. The molecule has 4 rings (SSSR count). The zero-order valence-electron chi connectivity index (χ0n) is 14.9. The molecule has 0 radical (unpaired) electrons. The summed E-state index contributed by atoms with van der Waals surface area (Å²) in [5.74, 6) is 0.838. The van der Waals surface area contributed by atoms with Crippen LogP contribution in [-0.4, -0.2) is 26.4 Å². The second-order valence-corrected chi connectivity index (χ2v) is 6.70. The third-order valence-electron chi connectivity index (χ3n) is 4.34. The van der Waals surface area contributed by atoms with Gasteiger partial charge < -0.3 is 10.5 Å². The number of nitrogens with one attached hydrogen (secondary N) is 1. The number of benzene rings is 2. The van der Waals surface area contributed by atoms with Crippen LogP contribution >= 0.6 is 11.6 Å². The summed E-state index contributed by atoms with van der Waals surface area (Å²) < 4.78 is 7.15. The Labute approximate surface area is 165 Å². The van der Waals surface area contributed by atoms with Crippen molar-refractivity contribution in [1.82, 2.24) is 19.7 Å². The molecule has 0 fully saturated rings. The number of nitrogens with zero attached hydrogens (tertiary/aromatic N) is 3. The number of fused-ring (bicyclic) bond motifs is 1. The molecule has 4 aromatic rings. The SMILES string of the molecule is NC(COCc1ccccc1)c1nc2cccc(Cl)c2c(=O)n1-c1ccn[nH]1. The zero-order valence-corrected chi connectivity index (χ0v) is 15.6. The monoisotopic (exact) mass is 395 g/mol. The van der Waals surface area contributed by atoms with Crippen LogP contribution in [0.15, 0.2) is 65.6 Å². The van der Waals surface area contributed by atoms with E-state index in [0.717, 1.165) is 5.56 Å². The number of aromatic nitrogens is 4. The standard InChI is InChI=1S/C20H18ClN5O2/c21-14-7-4-8-16-18(14)20(27)26(17-9-10-23-25-17)19(24-16)15(22)12-28-11-13-5-2-1-3-6-13/h1-10,15H,11-12,22H2,(H,23,25). The van der Waals surface area contributed by atoms with Gasteiger partial charge in [-0.3, -0.25) is 9.89 Å². The Morgan fingerprint density at radius 2 is 1.96 bits per heavy atom. The number of hydrogen-bond donors (Lipinski definition) is 2. The van der Waals surface area contributed by atoms with Gasteiger partial charge >= 0.3 is 0 Å². The van der Waals surface area contributed by atoms with Crippen LogP contribution in [0.3, 0.4) is 0 Å². The van der Waals surface area contributed by atoms with Crippen LogP contribution in [0.2, 0.25) is 5.02 Å². The van der Waals surface area contributed by atoms with Crippen LogP contribution in [0.1, 0.15) is 17.4 Å². The summed E-state index contributed by atoms with van der Waals surface area (Å²) in [7, 11) is 0. The number of H-pyrrole nitrogens is 1. The molecule has 0 aliphatic heterocycles. The summed E-state index contributed by atoms with van der Waals surface area (Å²) in [6.45, 7) is 0.615. The summed E-state index contributed by atoms with van der Waals surface area (Å²) in [5, 5.41) is 7.39. The fourth-order valence-corrected chi connectivity index (χ4v) is 3.26. The Bertz CT molecular complexity index is 1140. The lowest BCUT2D eigenvalue weighted by molar-refractivity contribution is 0.105. The number of hydrogen-bond acceptors (Lipinski definition) is 5. The van der Waals surface area contributed by atoms with Crippen molar-refractivity contribution in [3.05, 3.63) is 87.6 Å².